The van der Waals surface area contributed by atoms with Crippen molar-refractivity contribution in [2.75, 3.05) is 127 Å². The van der Waals surface area contributed by atoms with Crippen LogP contribution in [0.1, 0.15) is 123 Å². The predicted octanol–water partition coefficient (Wildman–Crippen LogP) is 17.4. The van der Waals surface area contributed by atoms with Crippen molar-refractivity contribution in [3.63, 3.8) is 0 Å². The summed E-state index contributed by atoms with van der Waals surface area (Å²) in [5.74, 6) is 1.45. The Morgan fingerprint density at radius 2 is 0.707 bits per heavy atom. The van der Waals surface area contributed by atoms with E-state index in [1.165, 1.54) is 29.8 Å². The summed E-state index contributed by atoms with van der Waals surface area (Å²) in [6.07, 6.45) is 5.35. The molecule has 0 aliphatic carbocycles. The van der Waals surface area contributed by atoms with Crippen LogP contribution < -0.4 is 70.8 Å². The zero-order chi connectivity index (χ0) is 96.1. The molecule has 718 valence electrons. The van der Waals surface area contributed by atoms with Gasteiger partial charge in [0.15, 0.2) is 23.0 Å². The van der Waals surface area contributed by atoms with E-state index < -0.39 is 63.6 Å². The zero-order valence-corrected chi connectivity index (χ0v) is 78.4. The van der Waals surface area contributed by atoms with Crippen LogP contribution in [-0.4, -0.2) is 162 Å². The summed E-state index contributed by atoms with van der Waals surface area (Å²) < 4.78 is 193. The second-order valence-corrected chi connectivity index (χ2v) is 36.1. The van der Waals surface area contributed by atoms with Gasteiger partial charge >= 0.3 is 6.18 Å². The molecule has 0 fully saturated rings. The highest BCUT2D eigenvalue weighted by Crippen LogP contribution is 2.43. The highest BCUT2D eigenvalue weighted by molar-refractivity contribution is 7.90. The van der Waals surface area contributed by atoms with E-state index in [4.69, 9.17) is 67.9 Å². The van der Waals surface area contributed by atoms with Crippen molar-refractivity contribution < 1.29 is 104 Å². The Labute approximate surface area is 777 Å². The fourth-order valence-corrected chi connectivity index (χ4v) is 15.5. The minimum atomic E-state index is -4.61. The molecule has 11 rings (SSSR count). The summed E-state index contributed by atoms with van der Waals surface area (Å²) >= 11 is 0. The number of alkyl halides is 3. The average molecular weight is 1920 g/mol. The number of halogens is 3. The van der Waals surface area contributed by atoms with E-state index in [2.05, 4.69) is 54.2 Å². The minimum Gasteiger partial charge on any atom is -0.489 e. The van der Waals surface area contributed by atoms with Crippen LogP contribution in [0.25, 0.3) is 5.57 Å². The van der Waals surface area contributed by atoms with Crippen LogP contribution in [0.5, 0.6) is 51.7 Å². The quantitative estimate of drug-likeness (QED) is 0.0160. The number of carbonyl (C=O) groups excluding carboxylic acids is 2. The van der Waals surface area contributed by atoms with Crippen LogP contribution in [-0.2, 0) is 77.0 Å². The normalized spacial score (nSPS) is 12.1. The number of unbranched alkanes of at least 4 members (excludes halogenated alkanes) is 4. The number of carbonyl (C=O) groups is 2. The van der Waals surface area contributed by atoms with Crippen LogP contribution in [0.3, 0.4) is 0 Å². The molecular weight excluding hydrogens is 1800 g/mol. The molecule has 0 unspecified atom stereocenters. The van der Waals surface area contributed by atoms with Gasteiger partial charge in [0.25, 0.3) is 11.8 Å². The molecule has 2 amide bonds. The molecule has 13 N–H and O–H groups in total. The van der Waals surface area contributed by atoms with Crippen LogP contribution in [0.15, 0.2) is 256 Å². The van der Waals surface area contributed by atoms with Crippen LogP contribution in [0, 0.1) is 0 Å². The number of hydrogen-bond acceptors (Lipinski definition) is 24. The summed E-state index contributed by atoms with van der Waals surface area (Å²) in [5, 5.41) is 36.5. The number of primary sulfonamides is 4. The number of nitrogens with one attached hydrogen (secondary N) is 5. The van der Waals surface area contributed by atoms with Gasteiger partial charge in [0.05, 0.1) is 82.2 Å². The van der Waals surface area contributed by atoms with Crippen molar-refractivity contribution in [1.29, 1.82) is 0 Å². The largest absolute Gasteiger partial charge is 0.489 e. The van der Waals surface area contributed by atoms with Crippen molar-refractivity contribution in [1.82, 2.24) is 10.2 Å². The fraction of sp³-hybridized carbons (Fsp3) is 0.333. The maximum absolute atomic E-state index is 13.5. The molecule has 10 aromatic carbocycles. The van der Waals surface area contributed by atoms with Gasteiger partial charge < -0.3 is 78.9 Å². The van der Waals surface area contributed by atoms with Gasteiger partial charge in [-0.05, 0) is 164 Å². The van der Waals surface area contributed by atoms with Gasteiger partial charge in [0, 0.05) is 57.5 Å². The molecule has 0 radical (unpaired) electrons. The highest BCUT2D eigenvalue weighted by atomic mass is 32.2. The average Bonchev–Trinajstić information content (AvgIpc) is 0.836. The highest BCUT2D eigenvalue weighted by Gasteiger charge is 2.32. The Bertz CT molecular complexity index is 5780. The number of nitrogens with two attached hydrogens (primary N) is 4. The predicted molar refractivity (Wildman–Crippen MR) is 509 cm³/mol. The van der Waals surface area contributed by atoms with E-state index in [9.17, 15) is 56.4 Å². The van der Waals surface area contributed by atoms with E-state index in [1.54, 1.807) is 102 Å². The molecule has 0 bridgehead atoms. The van der Waals surface area contributed by atoms with E-state index in [0.29, 0.717) is 155 Å². The number of hydrogen-bond donors (Lipinski definition) is 9. The number of rotatable bonds is 49. The number of benzene rings is 10. The van der Waals surface area contributed by atoms with Gasteiger partial charge in [0.2, 0.25) is 40.1 Å². The first-order valence-electron chi connectivity index (χ1n) is 43.3. The lowest BCUT2D eigenvalue weighted by atomic mass is 9.99. The Morgan fingerprint density at radius 1 is 0.391 bits per heavy atom. The van der Waals surface area contributed by atoms with Crippen LogP contribution in [0.2, 0.25) is 0 Å². The smallest absolute Gasteiger partial charge is 0.405 e. The summed E-state index contributed by atoms with van der Waals surface area (Å²) in [7, 11) is -15.0. The lowest BCUT2D eigenvalue weighted by molar-refractivity contribution is -0.123. The van der Waals surface area contributed by atoms with Crippen molar-refractivity contribution in [2.45, 2.75) is 124 Å². The molecule has 10 aromatic rings. The maximum atomic E-state index is 13.5. The molecular formula is C96H119F3N10O20S4. The lowest BCUT2D eigenvalue weighted by Gasteiger charge is -2.27. The number of amides is 2. The van der Waals surface area contributed by atoms with Crippen molar-refractivity contribution in [3.05, 3.63) is 264 Å². The molecule has 0 spiro atoms. The lowest BCUT2D eigenvalue weighted by Crippen LogP contribution is -2.35. The first-order chi connectivity index (χ1) is 63.8. The molecule has 0 aromatic heterocycles. The summed E-state index contributed by atoms with van der Waals surface area (Å²) in [5.41, 5.74) is 5.24. The van der Waals surface area contributed by atoms with Gasteiger partial charge in [-0.25, -0.2) is 54.2 Å². The number of sulfonamides is 4. The Hall–Kier alpha value is -11.7. The van der Waals surface area contributed by atoms with E-state index in [0.717, 1.165) is 63.0 Å². The Kier molecular flexibility index (Phi) is 44.2. The van der Waals surface area contributed by atoms with Gasteiger partial charge in [-0.1, -0.05) is 181 Å². The fourth-order valence-electron chi connectivity index (χ4n) is 12.7. The summed E-state index contributed by atoms with van der Waals surface area (Å²) in [4.78, 5) is 26.4. The van der Waals surface area contributed by atoms with Crippen molar-refractivity contribution in [2.24, 2.45) is 20.6 Å². The van der Waals surface area contributed by atoms with Gasteiger partial charge in [-0.15, -0.1) is 0 Å². The molecule has 1 aliphatic rings. The SMILES string of the molecule is CCCCNc1cc(C(=O)N2CC=C(c3ccccc3)CC2)cc(S(N)(=O)=O)c1Oc1ccccc1.CCCCNc1cc(C(=O)NCC(F)(F)F)cc(S(N)(=O)=O)c1Oc1ccccc1.CCCCNc1cc(COCCOCCOCCOCCOC)cc(S(N)(=O)=O)c1Oc1ccccc1.CCCCNc1cc(COc2ccccc2)cc(S(N)(=O)=O)c1Oc1ccccc1. The molecule has 0 atom stereocenters. The van der Waals surface area contributed by atoms with E-state index in [1.807, 2.05) is 116 Å². The second kappa shape index (κ2) is 55.1. The molecule has 1 aliphatic heterocycles. The van der Waals surface area contributed by atoms with E-state index in [-0.39, 0.29) is 73.6 Å². The number of anilines is 4. The van der Waals surface area contributed by atoms with Gasteiger partial charge in [-0.3, -0.25) is 9.59 Å². The number of ether oxygens (including phenoxy) is 10. The third-order valence-corrected chi connectivity index (χ3v) is 23.0. The topological polar surface area (TPSA) is 430 Å². The Morgan fingerprint density at radius 3 is 1.05 bits per heavy atom. The first-order valence-corrected chi connectivity index (χ1v) is 49.5. The third kappa shape index (κ3) is 37.4. The molecule has 133 heavy (non-hydrogen) atoms. The van der Waals surface area contributed by atoms with Crippen molar-refractivity contribution in [3.8, 4) is 51.7 Å². The van der Waals surface area contributed by atoms with Crippen molar-refractivity contribution >= 4 is 80.2 Å². The maximum Gasteiger partial charge on any atom is 0.405 e. The summed E-state index contributed by atoms with van der Waals surface area (Å²) in [6.45, 7) is 14.0. The molecule has 0 saturated carbocycles. The third-order valence-electron chi connectivity index (χ3n) is 19.4. The number of methoxy groups -OCH3 is 1. The van der Waals surface area contributed by atoms with Crippen LogP contribution >= 0.6 is 0 Å². The van der Waals surface area contributed by atoms with Gasteiger partial charge in [0.1, 0.15) is 61.5 Å². The summed E-state index contributed by atoms with van der Waals surface area (Å²) in [6, 6.07) is 66.3. The zero-order valence-electron chi connectivity index (χ0n) is 75.1. The van der Waals surface area contributed by atoms with E-state index >= 15 is 0 Å². The molecule has 1 heterocycles. The molecule has 30 nitrogen and oxygen atoms in total. The number of nitrogens with zero attached hydrogens (tertiary/aromatic N) is 1. The van der Waals surface area contributed by atoms with Gasteiger partial charge in [-0.2, -0.15) is 13.2 Å². The molecule has 0 saturated heterocycles. The standard InChI is InChI=1S/C28H31N3O4S.C26H40N2O8S.C23H26N2O4S.C19H22F3N3O4S/c1-2-3-16-30-25-19-23(20-26(36(29,33)34)27(25)35-24-12-8-5-9-13-24)28(32)31-17-14-22(15-18-31)21-10-6-4-7-11-21;1-3-4-10-28-24-19-22(21-35-18-17-34-16-15-33-14-13-32-12-11-31-2)20-25(37(27,29)30)26(24)36-23-8-6-5-7-9-23;1-2-3-14-25-21-15-18(17-28-19-10-6-4-7-11-19)16-22(30(24,26)27)23(21)29-20-12-8-5-9-13-20;1-2-3-9-24-15-10-13(18(26)25-12-19(20,21)22)11-16(30(23,27)28)17(15)29-14-7-5-4-6-8-14/h4-14,19-20,30H,2-3,15-18H2,1H3,(H2,29,33,34);5-9,19-20,28H,3-4,10-18,21H2,1-2H3,(H2,27,29,30);4-13,15-16,25H,2-3,14,17H2,1H3,(H2,24,26,27);4-8,10-11,24H,2-3,9,12H2,1H3,(H,25,26)(H2,23,27,28). The Balaban J connectivity index is 0.000000219. The first kappa shape index (κ1) is 107. The molecule has 37 heteroatoms. The number of para-hydroxylation sites is 5. The minimum absolute atomic E-state index is 0.0838. The second-order valence-electron chi connectivity index (χ2n) is 30.0. The monoisotopic (exact) mass is 1920 g/mol. The van der Waals surface area contributed by atoms with Crippen LogP contribution in [0.4, 0.5) is 35.9 Å².